The Morgan fingerprint density at radius 1 is 1.16 bits per heavy atom. The van der Waals surface area contributed by atoms with E-state index in [1.165, 1.54) is 18.2 Å². The van der Waals surface area contributed by atoms with Crippen molar-refractivity contribution in [1.29, 1.82) is 0 Å². The Kier molecular flexibility index (Phi) is 6.51. The van der Waals surface area contributed by atoms with Crippen molar-refractivity contribution in [3.8, 4) is 11.4 Å². The molecule has 3 aromatic rings. The highest BCUT2D eigenvalue weighted by molar-refractivity contribution is 8.00. The molecule has 0 saturated carbocycles. The van der Waals surface area contributed by atoms with Crippen LogP contribution in [0.5, 0.6) is 0 Å². The first kappa shape index (κ1) is 21.7. The summed E-state index contributed by atoms with van der Waals surface area (Å²) >= 11 is 1.49. The summed E-state index contributed by atoms with van der Waals surface area (Å²) in [5.41, 5.74) is 2.08. The number of aryl methyl sites for hydroxylation is 1. The lowest BCUT2D eigenvalue weighted by atomic mass is 9.92. The highest BCUT2D eigenvalue weighted by Gasteiger charge is 2.30. The molecule has 1 saturated heterocycles. The number of furan rings is 1. The molecule has 1 fully saturated rings. The van der Waals surface area contributed by atoms with Crippen molar-refractivity contribution in [2.75, 3.05) is 13.1 Å². The van der Waals surface area contributed by atoms with E-state index in [-0.39, 0.29) is 11.2 Å². The number of piperidine rings is 1. The van der Waals surface area contributed by atoms with Crippen LogP contribution in [-0.4, -0.2) is 43.9 Å². The van der Waals surface area contributed by atoms with Crippen molar-refractivity contribution in [1.82, 2.24) is 19.7 Å². The second kappa shape index (κ2) is 9.30. The van der Waals surface area contributed by atoms with Gasteiger partial charge in [0.05, 0.1) is 23.6 Å². The van der Waals surface area contributed by atoms with Crippen LogP contribution in [0.1, 0.15) is 38.5 Å². The summed E-state index contributed by atoms with van der Waals surface area (Å²) in [6.45, 7) is 10.7. The number of likely N-dealkylation sites (tertiary alicyclic amines) is 1. The quantitative estimate of drug-likeness (QED) is 0.513. The average Bonchev–Trinajstić information content (AvgIpc) is 3.33. The van der Waals surface area contributed by atoms with Gasteiger partial charge in [-0.1, -0.05) is 55.9 Å². The summed E-state index contributed by atoms with van der Waals surface area (Å²) in [7, 11) is 0. The zero-order chi connectivity index (χ0) is 22.0. The first-order valence-corrected chi connectivity index (χ1v) is 11.8. The predicted molar refractivity (Wildman–Crippen MR) is 123 cm³/mol. The summed E-state index contributed by atoms with van der Waals surface area (Å²) in [5, 5.41) is 9.46. The standard InChI is InChI=1S/C24H30N4O2S/c1-16-12-17(2)14-27(13-16)23(29)19(4)31-24-26-25-22(21-10-11-30-18(21)3)28(24)15-20-8-6-5-7-9-20/h5-11,16-17,19H,12-15H2,1-4H3. The fourth-order valence-corrected chi connectivity index (χ4v) is 5.34. The van der Waals surface area contributed by atoms with Gasteiger partial charge in [0.15, 0.2) is 11.0 Å². The molecule has 0 aliphatic carbocycles. The molecule has 1 amide bonds. The normalized spacial score (nSPS) is 20.1. The Hall–Kier alpha value is -2.54. The smallest absolute Gasteiger partial charge is 0.235 e. The largest absolute Gasteiger partial charge is 0.469 e. The van der Waals surface area contributed by atoms with Gasteiger partial charge in [0.1, 0.15) is 5.76 Å². The van der Waals surface area contributed by atoms with Crippen LogP contribution < -0.4 is 0 Å². The molecule has 1 aliphatic heterocycles. The predicted octanol–water partition coefficient (Wildman–Crippen LogP) is 4.88. The number of hydrogen-bond donors (Lipinski definition) is 0. The first-order valence-electron chi connectivity index (χ1n) is 10.9. The second-order valence-electron chi connectivity index (χ2n) is 8.72. The maximum absolute atomic E-state index is 13.2. The lowest BCUT2D eigenvalue weighted by Gasteiger charge is -2.36. The SMILES string of the molecule is Cc1occc1-c1nnc(SC(C)C(=O)N2CC(C)CC(C)C2)n1Cc1ccccc1. The average molecular weight is 439 g/mol. The Labute approximate surface area is 188 Å². The van der Waals surface area contributed by atoms with E-state index in [2.05, 4.69) is 40.7 Å². The molecular formula is C24H30N4O2S. The van der Waals surface area contributed by atoms with Crippen LogP contribution in [0.3, 0.4) is 0 Å². The first-order chi connectivity index (χ1) is 14.9. The Morgan fingerprint density at radius 3 is 2.52 bits per heavy atom. The van der Waals surface area contributed by atoms with Gasteiger partial charge in [-0.05, 0) is 43.7 Å². The molecule has 3 unspecified atom stereocenters. The van der Waals surface area contributed by atoms with E-state index in [4.69, 9.17) is 4.42 Å². The number of aromatic nitrogens is 3. The van der Waals surface area contributed by atoms with Gasteiger partial charge in [0.2, 0.25) is 5.91 Å². The molecule has 3 atom stereocenters. The topological polar surface area (TPSA) is 64.2 Å². The minimum Gasteiger partial charge on any atom is -0.469 e. The fraction of sp³-hybridized carbons (Fsp3) is 0.458. The van der Waals surface area contributed by atoms with Gasteiger partial charge in [-0.3, -0.25) is 9.36 Å². The maximum Gasteiger partial charge on any atom is 0.235 e. The van der Waals surface area contributed by atoms with Crippen molar-refractivity contribution >= 4 is 17.7 Å². The van der Waals surface area contributed by atoms with E-state index in [0.717, 1.165) is 41.0 Å². The van der Waals surface area contributed by atoms with Gasteiger partial charge < -0.3 is 9.32 Å². The van der Waals surface area contributed by atoms with Crippen molar-refractivity contribution in [3.63, 3.8) is 0 Å². The molecule has 0 radical (unpaired) electrons. The molecule has 7 heteroatoms. The van der Waals surface area contributed by atoms with E-state index in [0.29, 0.717) is 18.4 Å². The minimum atomic E-state index is -0.227. The third-order valence-corrected chi connectivity index (χ3v) is 6.88. The molecule has 3 heterocycles. The Morgan fingerprint density at radius 2 is 1.87 bits per heavy atom. The number of benzene rings is 1. The van der Waals surface area contributed by atoms with Crippen LogP contribution in [0.2, 0.25) is 0 Å². The number of thioether (sulfide) groups is 1. The summed E-state index contributed by atoms with van der Waals surface area (Å²) in [4.78, 5) is 15.2. The molecular weight excluding hydrogens is 408 g/mol. The van der Waals surface area contributed by atoms with E-state index in [9.17, 15) is 4.79 Å². The van der Waals surface area contributed by atoms with Crippen LogP contribution in [0, 0.1) is 18.8 Å². The summed E-state index contributed by atoms with van der Waals surface area (Å²) in [6.07, 6.45) is 2.86. The van der Waals surface area contributed by atoms with Gasteiger partial charge in [0, 0.05) is 13.1 Å². The van der Waals surface area contributed by atoms with Crippen molar-refractivity contribution in [2.45, 2.75) is 51.1 Å². The zero-order valence-corrected chi connectivity index (χ0v) is 19.4. The zero-order valence-electron chi connectivity index (χ0n) is 18.6. The van der Waals surface area contributed by atoms with Crippen LogP contribution in [0.4, 0.5) is 0 Å². The summed E-state index contributed by atoms with van der Waals surface area (Å²) in [6, 6.07) is 12.2. The number of carbonyl (C=O) groups excluding carboxylic acids is 1. The fourth-order valence-electron chi connectivity index (χ4n) is 4.41. The van der Waals surface area contributed by atoms with E-state index in [1.807, 2.05) is 43.0 Å². The van der Waals surface area contributed by atoms with Crippen molar-refractivity contribution in [2.24, 2.45) is 11.8 Å². The monoisotopic (exact) mass is 438 g/mol. The number of amides is 1. The molecule has 164 valence electrons. The molecule has 0 spiro atoms. The molecule has 0 N–H and O–H groups in total. The second-order valence-corrected chi connectivity index (χ2v) is 10.0. The molecule has 6 nitrogen and oxygen atoms in total. The molecule has 1 aromatic carbocycles. The molecule has 0 bridgehead atoms. The van der Waals surface area contributed by atoms with Crippen LogP contribution >= 0.6 is 11.8 Å². The van der Waals surface area contributed by atoms with Crippen LogP contribution in [0.15, 0.2) is 52.2 Å². The summed E-state index contributed by atoms with van der Waals surface area (Å²) < 4.78 is 7.59. The summed E-state index contributed by atoms with van der Waals surface area (Å²) in [5.74, 6) is 2.83. The molecule has 31 heavy (non-hydrogen) atoms. The Balaban J connectivity index is 1.59. The molecule has 2 aromatic heterocycles. The van der Waals surface area contributed by atoms with Crippen molar-refractivity contribution in [3.05, 3.63) is 54.0 Å². The lowest BCUT2D eigenvalue weighted by Crippen LogP contribution is -2.45. The van der Waals surface area contributed by atoms with Gasteiger partial charge in [-0.15, -0.1) is 10.2 Å². The van der Waals surface area contributed by atoms with Gasteiger partial charge in [-0.25, -0.2) is 0 Å². The molecule has 4 rings (SSSR count). The lowest BCUT2D eigenvalue weighted by molar-refractivity contribution is -0.132. The van der Waals surface area contributed by atoms with Crippen LogP contribution in [0.25, 0.3) is 11.4 Å². The number of rotatable bonds is 6. The van der Waals surface area contributed by atoms with E-state index < -0.39 is 0 Å². The third kappa shape index (κ3) is 4.87. The number of carbonyl (C=O) groups is 1. The van der Waals surface area contributed by atoms with E-state index in [1.54, 1.807) is 6.26 Å². The molecule has 1 aliphatic rings. The highest BCUT2D eigenvalue weighted by atomic mass is 32.2. The highest BCUT2D eigenvalue weighted by Crippen LogP contribution is 2.31. The van der Waals surface area contributed by atoms with Gasteiger partial charge in [-0.2, -0.15) is 0 Å². The maximum atomic E-state index is 13.2. The van der Waals surface area contributed by atoms with E-state index >= 15 is 0 Å². The number of hydrogen-bond acceptors (Lipinski definition) is 5. The van der Waals surface area contributed by atoms with Crippen molar-refractivity contribution < 1.29 is 9.21 Å². The third-order valence-electron chi connectivity index (χ3n) is 5.81. The Bertz CT molecular complexity index is 1020. The minimum absolute atomic E-state index is 0.179. The van der Waals surface area contributed by atoms with Crippen LogP contribution in [-0.2, 0) is 11.3 Å². The van der Waals surface area contributed by atoms with Gasteiger partial charge in [0.25, 0.3) is 0 Å². The van der Waals surface area contributed by atoms with Gasteiger partial charge >= 0.3 is 0 Å². The number of nitrogens with zero attached hydrogens (tertiary/aromatic N) is 4.